The molecule has 1 amide bonds. The van der Waals surface area contributed by atoms with Crippen molar-refractivity contribution < 1.29 is 18.8 Å². The summed E-state index contributed by atoms with van der Waals surface area (Å²) in [7, 11) is 0. The summed E-state index contributed by atoms with van der Waals surface area (Å²) >= 11 is 5.72. The Bertz CT molecular complexity index is 753. The predicted octanol–water partition coefficient (Wildman–Crippen LogP) is 4.44. The smallest absolute Gasteiger partial charge is 0.412 e. The van der Waals surface area contributed by atoms with Gasteiger partial charge in [0.05, 0.1) is 9.95 Å². The van der Waals surface area contributed by atoms with E-state index in [0.29, 0.717) is 0 Å². The number of rotatable bonds is 4. The Morgan fingerprint density at radius 1 is 1.39 bits per heavy atom. The van der Waals surface area contributed by atoms with Crippen molar-refractivity contribution >= 4 is 29.1 Å². The molecule has 0 spiro atoms. The first-order valence-corrected chi connectivity index (χ1v) is 6.88. The zero-order valence-corrected chi connectivity index (χ0v) is 12.8. The Hall–Kier alpha value is -2.67. The summed E-state index contributed by atoms with van der Waals surface area (Å²) in [4.78, 5) is 22.0. The molecule has 120 valence electrons. The summed E-state index contributed by atoms with van der Waals surface area (Å²) in [5, 5.41) is 13.1. The largest absolute Gasteiger partial charge is 0.444 e. The van der Waals surface area contributed by atoms with Gasteiger partial charge in [0, 0.05) is 5.56 Å². The first-order chi connectivity index (χ1) is 10.9. The number of nitro groups is 1. The van der Waals surface area contributed by atoms with Gasteiger partial charge >= 0.3 is 6.09 Å². The van der Waals surface area contributed by atoms with Gasteiger partial charge in [-0.1, -0.05) is 41.9 Å². The van der Waals surface area contributed by atoms with E-state index in [0.717, 1.165) is 11.6 Å². The van der Waals surface area contributed by atoms with Crippen LogP contribution in [0.2, 0.25) is 5.02 Å². The molecule has 1 N–H and O–H groups in total. The van der Waals surface area contributed by atoms with Crippen LogP contribution < -0.4 is 5.32 Å². The molecule has 0 bridgehead atoms. The second kappa shape index (κ2) is 7.06. The second-order valence-corrected chi connectivity index (χ2v) is 5.04. The maximum Gasteiger partial charge on any atom is 0.412 e. The minimum Gasteiger partial charge on any atom is -0.444 e. The molecule has 0 aromatic heterocycles. The monoisotopic (exact) mass is 338 g/mol. The van der Waals surface area contributed by atoms with Gasteiger partial charge in [-0.25, -0.2) is 9.18 Å². The Morgan fingerprint density at radius 2 is 2.04 bits per heavy atom. The van der Waals surface area contributed by atoms with Gasteiger partial charge in [0.1, 0.15) is 6.61 Å². The summed E-state index contributed by atoms with van der Waals surface area (Å²) in [6.45, 7) is 1.31. The number of nitrogens with one attached hydrogen (secondary N) is 1. The van der Waals surface area contributed by atoms with E-state index in [4.69, 9.17) is 16.3 Å². The molecule has 6 nitrogen and oxygen atoms in total. The van der Waals surface area contributed by atoms with Crippen molar-refractivity contribution in [2.45, 2.75) is 13.5 Å². The van der Waals surface area contributed by atoms with Crippen LogP contribution in [-0.4, -0.2) is 11.0 Å². The molecule has 2 aromatic rings. The molecular formula is C15H12ClFN2O4. The fourth-order valence-electron chi connectivity index (χ4n) is 1.91. The summed E-state index contributed by atoms with van der Waals surface area (Å²) in [5.41, 5.74) is -0.400. The van der Waals surface area contributed by atoms with Crippen LogP contribution in [0.4, 0.5) is 20.6 Å². The first-order valence-electron chi connectivity index (χ1n) is 6.51. The summed E-state index contributed by atoms with van der Waals surface area (Å²) in [6.07, 6.45) is -1.00. The lowest BCUT2D eigenvalue weighted by molar-refractivity contribution is -0.384. The van der Waals surface area contributed by atoms with Crippen LogP contribution in [0.3, 0.4) is 0 Å². The molecule has 0 saturated carbocycles. The van der Waals surface area contributed by atoms with E-state index in [-0.39, 0.29) is 17.2 Å². The van der Waals surface area contributed by atoms with E-state index in [1.54, 1.807) is 30.3 Å². The average molecular weight is 339 g/mol. The van der Waals surface area contributed by atoms with Crippen molar-refractivity contribution in [3.8, 4) is 0 Å². The molecule has 8 heteroatoms. The predicted molar refractivity (Wildman–Crippen MR) is 83.1 cm³/mol. The van der Waals surface area contributed by atoms with Crippen LogP contribution in [0, 0.1) is 22.9 Å². The molecule has 2 rings (SSSR count). The molecule has 0 aliphatic heterocycles. The topological polar surface area (TPSA) is 81.5 Å². The third-order valence-corrected chi connectivity index (χ3v) is 3.46. The number of hydrogen-bond acceptors (Lipinski definition) is 4. The lowest BCUT2D eigenvalue weighted by Crippen LogP contribution is -2.16. The zero-order valence-electron chi connectivity index (χ0n) is 12.0. The number of hydrogen-bond donors (Lipinski definition) is 1. The molecule has 0 atom stereocenters. The fourth-order valence-corrected chi connectivity index (χ4v) is 2.10. The SMILES string of the molecule is Cc1c(Cl)cc(F)c(NC(=O)OCc2ccccc2)c1[N+](=O)[O-]. The van der Waals surface area contributed by atoms with Gasteiger partial charge < -0.3 is 4.74 Å². The van der Waals surface area contributed by atoms with Gasteiger partial charge in [-0.3, -0.25) is 15.4 Å². The Labute approximate surface area is 136 Å². The molecule has 0 fully saturated rings. The van der Waals surface area contributed by atoms with Gasteiger partial charge in [0.15, 0.2) is 11.5 Å². The average Bonchev–Trinajstić information content (AvgIpc) is 2.51. The van der Waals surface area contributed by atoms with Crippen LogP contribution in [0.1, 0.15) is 11.1 Å². The van der Waals surface area contributed by atoms with Crippen molar-refractivity contribution in [2.24, 2.45) is 0 Å². The molecule has 2 aromatic carbocycles. The molecule has 0 radical (unpaired) electrons. The standard InChI is InChI=1S/C15H12ClFN2O4/c1-9-11(16)7-12(17)13(14(9)19(21)22)18-15(20)23-8-10-5-3-2-4-6-10/h2-7H,8H2,1H3,(H,18,20). The van der Waals surface area contributed by atoms with Crippen molar-refractivity contribution in [3.63, 3.8) is 0 Å². The van der Waals surface area contributed by atoms with E-state index in [1.807, 2.05) is 0 Å². The lowest BCUT2D eigenvalue weighted by Gasteiger charge is -2.10. The van der Waals surface area contributed by atoms with Gasteiger partial charge in [-0.15, -0.1) is 0 Å². The summed E-state index contributed by atoms with van der Waals surface area (Å²) in [5.74, 6) is -1.01. The number of anilines is 1. The number of nitrogens with zero attached hydrogens (tertiary/aromatic N) is 1. The molecule has 0 unspecified atom stereocenters. The van der Waals surface area contributed by atoms with Crippen LogP contribution >= 0.6 is 11.6 Å². The highest BCUT2D eigenvalue weighted by Crippen LogP contribution is 2.35. The molecule has 0 heterocycles. The van der Waals surface area contributed by atoms with E-state index in [2.05, 4.69) is 5.32 Å². The number of ether oxygens (including phenoxy) is 1. The Morgan fingerprint density at radius 3 is 2.65 bits per heavy atom. The van der Waals surface area contributed by atoms with E-state index < -0.39 is 28.2 Å². The van der Waals surface area contributed by atoms with Crippen LogP contribution in [0.5, 0.6) is 0 Å². The number of halogens is 2. The van der Waals surface area contributed by atoms with Gasteiger partial charge in [-0.2, -0.15) is 0 Å². The van der Waals surface area contributed by atoms with E-state index >= 15 is 0 Å². The van der Waals surface area contributed by atoms with Gasteiger partial charge in [-0.05, 0) is 18.6 Å². The van der Waals surface area contributed by atoms with E-state index in [1.165, 1.54) is 6.92 Å². The highest BCUT2D eigenvalue weighted by molar-refractivity contribution is 6.31. The third-order valence-electron chi connectivity index (χ3n) is 3.06. The number of carbonyl (C=O) groups excluding carboxylic acids is 1. The fraction of sp³-hybridized carbons (Fsp3) is 0.133. The van der Waals surface area contributed by atoms with Crippen LogP contribution in [0.15, 0.2) is 36.4 Å². The van der Waals surface area contributed by atoms with Crippen molar-refractivity contribution in [3.05, 3.63) is 68.5 Å². The quantitative estimate of drug-likeness (QED) is 0.659. The van der Waals surface area contributed by atoms with Gasteiger partial charge in [0.2, 0.25) is 0 Å². The number of carbonyl (C=O) groups is 1. The first kappa shape index (κ1) is 16.7. The molecular weight excluding hydrogens is 327 g/mol. The van der Waals surface area contributed by atoms with Crippen molar-refractivity contribution in [2.75, 3.05) is 5.32 Å². The van der Waals surface area contributed by atoms with Crippen LogP contribution in [0.25, 0.3) is 0 Å². The molecule has 0 saturated heterocycles. The maximum absolute atomic E-state index is 13.9. The second-order valence-electron chi connectivity index (χ2n) is 4.63. The third kappa shape index (κ3) is 3.95. The highest BCUT2D eigenvalue weighted by Gasteiger charge is 2.26. The van der Waals surface area contributed by atoms with Crippen molar-refractivity contribution in [1.29, 1.82) is 0 Å². The molecule has 0 aliphatic rings. The van der Waals surface area contributed by atoms with Crippen molar-refractivity contribution in [1.82, 2.24) is 0 Å². The number of benzene rings is 2. The summed E-state index contributed by atoms with van der Waals surface area (Å²) in [6, 6.07) is 9.72. The summed E-state index contributed by atoms with van der Waals surface area (Å²) < 4.78 is 18.8. The van der Waals surface area contributed by atoms with Gasteiger partial charge in [0.25, 0.3) is 5.69 Å². The van der Waals surface area contributed by atoms with Crippen LogP contribution in [-0.2, 0) is 11.3 Å². The minimum atomic E-state index is -1.01. The molecule has 23 heavy (non-hydrogen) atoms. The maximum atomic E-state index is 13.9. The number of nitro benzene ring substituents is 1. The molecule has 0 aliphatic carbocycles. The Kier molecular flexibility index (Phi) is 5.13. The lowest BCUT2D eigenvalue weighted by atomic mass is 10.1. The minimum absolute atomic E-state index is 0.0470. The number of amides is 1. The normalized spacial score (nSPS) is 10.2. The van der Waals surface area contributed by atoms with E-state index in [9.17, 15) is 19.3 Å². The zero-order chi connectivity index (χ0) is 17.0. The highest BCUT2D eigenvalue weighted by atomic mass is 35.5. The Balaban J connectivity index is 2.18.